The van der Waals surface area contributed by atoms with E-state index in [1.54, 1.807) is 16.8 Å². The van der Waals surface area contributed by atoms with E-state index in [4.69, 9.17) is 27.6 Å². The van der Waals surface area contributed by atoms with Crippen molar-refractivity contribution in [2.75, 3.05) is 0 Å². The van der Waals surface area contributed by atoms with Crippen LogP contribution in [-0.2, 0) is 5.75 Å². The number of benzene rings is 2. The van der Waals surface area contributed by atoms with E-state index in [0.29, 0.717) is 49.0 Å². The highest BCUT2D eigenvalue weighted by atomic mass is 35.5. The molecule has 5 aromatic rings. The van der Waals surface area contributed by atoms with Crippen LogP contribution in [0.25, 0.3) is 27.8 Å². The first kappa shape index (κ1) is 18.2. The van der Waals surface area contributed by atoms with Crippen molar-refractivity contribution in [3.63, 3.8) is 0 Å². The van der Waals surface area contributed by atoms with E-state index in [0.717, 1.165) is 5.69 Å². The van der Waals surface area contributed by atoms with Crippen molar-refractivity contribution in [2.45, 2.75) is 10.9 Å². The first-order chi connectivity index (χ1) is 14.1. The number of aromatic nitrogens is 5. The highest BCUT2D eigenvalue weighted by molar-refractivity contribution is 7.98. The van der Waals surface area contributed by atoms with E-state index in [1.165, 1.54) is 18.0 Å². The van der Waals surface area contributed by atoms with Gasteiger partial charge in [0.05, 0.1) is 22.7 Å². The fraction of sp³-hybridized carbons (Fsp3) is 0.0526. The molecule has 0 unspecified atom stereocenters. The van der Waals surface area contributed by atoms with Crippen molar-refractivity contribution < 1.29 is 4.42 Å². The van der Waals surface area contributed by atoms with E-state index in [1.807, 2.05) is 30.3 Å². The number of fused-ring (bicyclic) bond motifs is 2. The molecule has 0 spiro atoms. The minimum atomic E-state index is -0.257. The molecule has 0 atom stereocenters. The van der Waals surface area contributed by atoms with E-state index in [2.05, 4.69) is 20.1 Å². The van der Waals surface area contributed by atoms with E-state index in [-0.39, 0.29) is 5.56 Å². The van der Waals surface area contributed by atoms with Gasteiger partial charge in [-0.15, -0.1) is 0 Å². The zero-order chi connectivity index (χ0) is 20.0. The molecule has 3 heterocycles. The van der Waals surface area contributed by atoms with Crippen LogP contribution < -0.4 is 5.56 Å². The molecule has 0 saturated carbocycles. The zero-order valence-electron chi connectivity index (χ0n) is 14.6. The van der Waals surface area contributed by atoms with Gasteiger partial charge < -0.3 is 9.40 Å². The summed E-state index contributed by atoms with van der Waals surface area (Å²) in [4.78, 5) is 24.2. The van der Waals surface area contributed by atoms with Crippen molar-refractivity contribution in [1.29, 1.82) is 0 Å². The average Bonchev–Trinajstić information content (AvgIpc) is 3.31. The summed E-state index contributed by atoms with van der Waals surface area (Å²) in [5.41, 5.74) is 2.10. The van der Waals surface area contributed by atoms with Crippen LogP contribution in [0.5, 0.6) is 0 Å². The summed E-state index contributed by atoms with van der Waals surface area (Å²) in [6.45, 7) is 0. The summed E-state index contributed by atoms with van der Waals surface area (Å²) in [6, 6.07) is 12.8. The van der Waals surface area contributed by atoms with Crippen molar-refractivity contribution in [3.8, 4) is 5.69 Å². The molecule has 1 N–H and O–H groups in total. The van der Waals surface area contributed by atoms with Gasteiger partial charge in [-0.1, -0.05) is 53.2 Å². The lowest BCUT2D eigenvalue weighted by atomic mass is 10.3. The van der Waals surface area contributed by atoms with Crippen LogP contribution in [0, 0.1) is 0 Å². The van der Waals surface area contributed by atoms with Gasteiger partial charge in [0.15, 0.2) is 16.4 Å². The van der Waals surface area contributed by atoms with Gasteiger partial charge in [0.2, 0.25) is 5.89 Å². The number of para-hydroxylation sites is 1. The van der Waals surface area contributed by atoms with Crippen LogP contribution in [0.4, 0.5) is 0 Å². The molecular weight excluding hydrogens is 433 g/mol. The van der Waals surface area contributed by atoms with Gasteiger partial charge in [-0.05, 0) is 24.3 Å². The maximum absolute atomic E-state index is 12.4. The molecule has 0 amide bonds. The maximum atomic E-state index is 12.4. The Morgan fingerprint density at radius 2 is 1.97 bits per heavy atom. The van der Waals surface area contributed by atoms with Gasteiger partial charge in [0.25, 0.3) is 5.56 Å². The second kappa shape index (κ2) is 7.22. The van der Waals surface area contributed by atoms with E-state index >= 15 is 0 Å². The Balaban J connectivity index is 1.48. The molecule has 7 nitrogen and oxygen atoms in total. The monoisotopic (exact) mass is 443 g/mol. The molecule has 0 radical (unpaired) electrons. The number of halogens is 2. The third-order valence-electron chi connectivity index (χ3n) is 4.20. The summed E-state index contributed by atoms with van der Waals surface area (Å²) < 4.78 is 7.35. The number of aromatic amines is 1. The quantitative estimate of drug-likeness (QED) is 0.315. The molecule has 2 aromatic carbocycles. The molecule has 0 aliphatic carbocycles. The first-order valence-corrected chi connectivity index (χ1v) is 10.2. The smallest absolute Gasteiger partial charge is 0.262 e. The minimum Gasteiger partial charge on any atom is -0.438 e. The highest BCUT2D eigenvalue weighted by Crippen LogP contribution is 2.30. The molecular formula is C19H11Cl2N5O2S. The number of oxazole rings is 1. The van der Waals surface area contributed by atoms with Gasteiger partial charge in [-0.3, -0.25) is 4.79 Å². The summed E-state index contributed by atoms with van der Waals surface area (Å²) in [5, 5.41) is 6.04. The molecule has 0 saturated heterocycles. The van der Waals surface area contributed by atoms with Gasteiger partial charge in [-0.25, -0.2) is 14.6 Å². The van der Waals surface area contributed by atoms with Crippen LogP contribution >= 0.6 is 35.0 Å². The molecule has 3 aromatic heterocycles. The highest BCUT2D eigenvalue weighted by Gasteiger charge is 2.14. The Morgan fingerprint density at radius 3 is 2.79 bits per heavy atom. The largest absolute Gasteiger partial charge is 0.438 e. The number of thioether (sulfide) groups is 1. The third-order valence-corrected chi connectivity index (χ3v) is 5.56. The van der Waals surface area contributed by atoms with Crippen LogP contribution in [0.15, 0.2) is 63.0 Å². The molecule has 0 bridgehead atoms. The maximum Gasteiger partial charge on any atom is 0.262 e. The molecule has 5 rings (SSSR count). The number of nitrogens with one attached hydrogen (secondary N) is 1. The van der Waals surface area contributed by atoms with Crippen LogP contribution in [0.1, 0.15) is 5.89 Å². The van der Waals surface area contributed by atoms with Crippen molar-refractivity contribution >= 4 is 57.1 Å². The molecule has 29 heavy (non-hydrogen) atoms. The second-order valence-electron chi connectivity index (χ2n) is 6.13. The van der Waals surface area contributed by atoms with Crippen molar-refractivity contribution in [3.05, 3.63) is 75.0 Å². The van der Waals surface area contributed by atoms with Gasteiger partial charge in [0, 0.05) is 5.02 Å². The lowest BCUT2D eigenvalue weighted by Gasteiger charge is -2.03. The SMILES string of the molecule is O=c1[nH]c(SCc2nc3cc(Cl)cc(Cl)c3o2)nc2c1cnn2-c1ccccc1. The Hall–Kier alpha value is -2.81. The standard InChI is InChI=1S/C19H11Cl2N5O2S/c20-10-6-13(21)16-14(7-10)23-15(28-16)9-29-19-24-17-12(18(27)25-19)8-22-26(17)11-4-2-1-3-5-11/h1-8H,9H2,(H,24,25,27). The number of hydrogen-bond donors (Lipinski definition) is 1. The first-order valence-electron chi connectivity index (χ1n) is 8.49. The van der Waals surface area contributed by atoms with Gasteiger partial charge in [0.1, 0.15) is 10.9 Å². The molecule has 0 fully saturated rings. The summed E-state index contributed by atoms with van der Waals surface area (Å²) in [5.74, 6) is 0.810. The normalized spacial score (nSPS) is 11.5. The lowest BCUT2D eigenvalue weighted by molar-refractivity contribution is 0.556. The van der Waals surface area contributed by atoms with E-state index in [9.17, 15) is 4.79 Å². The number of nitrogens with zero attached hydrogens (tertiary/aromatic N) is 4. The van der Waals surface area contributed by atoms with Crippen LogP contribution in [0.3, 0.4) is 0 Å². The Morgan fingerprint density at radius 1 is 1.14 bits per heavy atom. The van der Waals surface area contributed by atoms with Crippen LogP contribution in [0.2, 0.25) is 10.0 Å². The minimum absolute atomic E-state index is 0.257. The fourth-order valence-electron chi connectivity index (χ4n) is 2.92. The molecule has 0 aliphatic heterocycles. The van der Waals surface area contributed by atoms with E-state index < -0.39 is 0 Å². The number of rotatable bonds is 4. The lowest BCUT2D eigenvalue weighted by Crippen LogP contribution is -2.09. The Labute approximate surface area is 177 Å². The molecule has 0 aliphatic rings. The number of H-pyrrole nitrogens is 1. The summed E-state index contributed by atoms with van der Waals surface area (Å²) in [7, 11) is 0. The number of hydrogen-bond acceptors (Lipinski definition) is 6. The fourth-order valence-corrected chi connectivity index (χ4v) is 4.14. The predicted molar refractivity (Wildman–Crippen MR) is 113 cm³/mol. The van der Waals surface area contributed by atoms with Gasteiger partial charge >= 0.3 is 0 Å². The third kappa shape index (κ3) is 3.39. The Kier molecular flexibility index (Phi) is 4.54. The zero-order valence-corrected chi connectivity index (χ0v) is 16.9. The van der Waals surface area contributed by atoms with Crippen molar-refractivity contribution in [1.82, 2.24) is 24.7 Å². The average molecular weight is 444 g/mol. The van der Waals surface area contributed by atoms with Crippen LogP contribution in [-0.4, -0.2) is 24.7 Å². The van der Waals surface area contributed by atoms with Gasteiger partial charge in [-0.2, -0.15) is 5.10 Å². The molecule has 10 heteroatoms. The summed E-state index contributed by atoms with van der Waals surface area (Å²) >= 11 is 13.4. The molecule has 144 valence electrons. The van der Waals surface area contributed by atoms with Crippen molar-refractivity contribution in [2.24, 2.45) is 0 Å². The summed E-state index contributed by atoms with van der Waals surface area (Å²) in [6.07, 6.45) is 1.51. The topological polar surface area (TPSA) is 89.6 Å². The predicted octanol–water partition coefficient (Wildman–Crippen LogP) is 4.85. The second-order valence-corrected chi connectivity index (χ2v) is 7.94. The Bertz CT molecular complexity index is 1410.